The number of ketones is 1. The van der Waals surface area contributed by atoms with E-state index in [-0.39, 0.29) is 34.4 Å². The first-order valence-corrected chi connectivity index (χ1v) is 10.3. The van der Waals surface area contributed by atoms with E-state index in [1.54, 1.807) is 42.3 Å². The van der Waals surface area contributed by atoms with Gasteiger partial charge in [-0.3, -0.25) is 9.59 Å². The summed E-state index contributed by atoms with van der Waals surface area (Å²) in [6.45, 7) is 0.868. The lowest BCUT2D eigenvalue weighted by molar-refractivity contribution is -0.00581. The van der Waals surface area contributed by atoms with Crippen molar-refractivity contribution in [1.82, 2.24) is 4.90 Å². The van der Waals surface area contributed by atoms with E-state index >= 15 is 0 Å². The maximum absolute atomic E-state index is 13.1. The molecule has 158 valence electrons. The van der Waals surface area contributed by atoms with Crippen LogP contribution in [0.2, 0.25) is 10.0 Å². The van der Waals surface area contributed by atoms with Crippen molar-refractivity contribution < 1.29 is 23.8 Å². The van der Waals surface area contributed by atoms with Gasteiger partial charge in [-0.2, -0.15) is 0 Å². The number of likely N-dealkylation sites (tertiary alicyclic amines) is 1. The van der Waals surface area contributed by atoms with Crippen LogP contribution < -0.4 is 14.2 Å². The number of ether oxygens (including phenoxy) is 3. The quantitative estimate of drug-likeness (QED) is 0.681. The van der Waals surface area contributed by atoms with E-state index in [0.717, 1.165) is 0 Å². The highest BCUT2D eigenvalue weighted by atomic mass is 35.5. The van der Waals surface area contributed by atoms with Gasteiger partial charge in [-0.15, -0.1) is 0 Å². The van der Waals surface area contributed by atoms with Gasteiger partial charge in [-0.1, -0.05) is 23.2 Å². The van der Waals surface area contributed by atoms with E-state index in [9.17, 15) is 9.59 Å². The molecule has 8 heteroatoms. The molecule has 0 N–H and O–H groups in total. The van der Waals surface area contributed by atoms with Crippen LogP contribution in [-0.2, 0) is 0 Å². The Hall–Kier alpha value is -2.44. The summed E-state index contributed by atoms with van der Waals surface area (Å²) in [6.07, 6.45) is 1.35. The van der Waals surface area contributed by atoms with Crippen molar-refractivity contribution in [3.8, 4) is 17.2 Å². The molecule has 1 spiro atoms. The molecule has 0 atom stereocenters. The molecule has 1 fully saturated rings. The van der Waals surface area contributed by atoms with Gasteiger partial charge in [-0.25, -0.2) is 0 Å². The minimum absolute atomic E-state index is 0.0227. The van der Waals surface area contributed by atoms with Crippen molar-refractivity contribution in [2.24, 2.45) is 0 Å². The normalized spacial score (nSPS) is 17.3. The summed E-state index contributed by atoms with van der Waals surface area (Å²) in [5.41, 5.74) is 0.173. The summed E-state index contributed by atoms with van der Waals surface area (Å²) in [5, 5.41) is 0.612. The number of carbonyl (C=O) groups is 2. The van der Waals surface area contributed by atoms with Crippen LogP contribution in [-0.4, -0.2) is 49.5 Å². The third-order valence-corrected chi connectivity index (χ3v) is 6.35. The monoisotopic (exact) mass is 449 g/mol. The van der Waals surface area contributed by atoms with Crippen LogP contribution in [0.1, 0.15) is 40.0 Å². The Morgan fingerprint density at radius 3 is 2.43 bits per heavy atom. The van der Waals surface area contributed by atoms with Gasteiger partial charge in [0.1, 0.15) is 22.7 Å². The van der Waals surface area contributed by atoms with Crippen LogP contribution in [0.4, 0.5) is 0 Å². The van der Waals surface area contributed by atoms with Gasteiger partial charge in [0.15, 0.2) is 11.5 Å². The second-order valence-corrected chi connectivity index (χ2v) is 8.29. The van der Waals surface area contributed by atoms with E-state index in [4.69, 9.17) is 37.4 Å². The lowest BCUT2D eigenvalue weighted by atomic mass is 9.82. The van der Waals surface area contributed by atoms with Gasteiger partial charge in [0.05, 0.1) is 36.2 Å². The number of rotatable bonds is 3. The lowest BCUT2D eigenvalue weighted by Crippen LogP contribution is -2.52. The van der Waals surface area contributed by atoms with Gasteiger partial charge < -0.3 is 19.1 Å². The number of Topliss-reactive ketones (excluding diaryl/α,β-unsaturated/α-hetero) is 1. The van der Waals surface area contributed by atoms with Crippen molar-refractivity contribution in [3.05, 3.63) is 51.5 Å². The second kappa shape index (κ2) is 8.00. The molecule has 2 aliphatic rings. The third kappa shape index (κ3) is 3.59. The average Bonchev–Trinajstić information content (AvgIpc) is 2.75. The predicted octanol–water partition coefficient (Wildman–Crippen LogP) is 4.65. The van der Waals surface area contributed by atoms with Gasteiger partial charge in [0.2, 0.25) is 0 Å². The standard InChI is InChI=1S/C22H21Cl2NO5/c1-28-13-3-6-18-14(11-13)17(26)12-22(30-18)7-9-25(10-8-22)21(27)19-15(23)4-5-16(24)20(19)29-2/h3-6,11H,7-10,12H2,1-2H3. The molecule has 0 unspecified atom stereocenters. The van der Waals surface area contributed by atoms with Crippen LogP contribution in [0.5, 0.6) is 17.2 Å². The minimum Gasteiger partial charge on any atom is -0.497 e. The van der Waals surface area contributed by atoms with E-state index < -0.39 is 5.60 Å². The molecular formula is C22H21Cl2NO5. The Bertz CT molecular complexity index is 1010. The van der Waals surface area contributed by atoms with Crippen molar-refractivity contribution in [3.63, 3.8) is 0 Å². The van der Waals surface area contributed by atoms with Crippen LogP contribution in [0.3, 0.4) is 0 Å². The van der Waals surface area contributed by atoms with E-state index in [1.165, 1.54) is 7.11 Å². The van der Waals surface area contributed by atoms with Crippen molar-refractivity contribution >= 4 is 34.9 Å². The first-order chi connectivity index (χ1) is 14.4. The summed E-state index contributed by atoms with van der Waals surface area (Å²) in [7, 11) is 3.01. The summed E-state index contributed by atoms with van der Waals surface area (Å²) in [6, 6.07) is 8.42. The van der Waals surface area contributed by atoms with E-state index in [2.05, 4.69) is 0 Å². The zero-order chi connectivity index (χ0) is 21.5. The zero-order valence-corrected chi connectivity index (χ0v) is 18.2. The summed E-state index contributed by atoms with van der Waals surface area (Å²) in [5.74, 6) is 1.22. The molecule has 0 aromatic heterocycles. The predicted molar refractivity (Wildman–Crippen MR) is 113 cm³/mol. The molecular weight excluding hydrogens is 429 g/mol. The topological polar surface area (TPSA) is 65.1 Å². The Morgan fingerprint density at radius 2 is 1.77 bits per heavy atom. The van der Waals surface area contributed by atoms with Crippen LogP contribution in [0.25, 0.3) is 0 Å². The Kier molecular flexibility index (Phi) is 5.55. The lowest BCUT2D eigenvalue weighted by Gasteiger charge is -2.44. The molecule has 0 radical (unpaired) electrons. The molecule has 2 aromatic rings. The van der Waals surface area contributed by atoms with E-state index in [0.29, 0.717) is 48.0 Å². The molecule has 1 amide bonds. The first-order valence-electron chi connectivity index (χ1n) is 9.59. The Balaban J connectivity index is 1.53. The number of amides is 1. The van der Waals surface area contributed by atoms with Crippen molar-refractivity contribution in [2.45, 2.75) is 24.9 Å². The number of fused-ring (bicyclic) bond motifs is 1. The highest BCUT2D eigenvalue weighted by Gasteiger charge is 2.44. The fourth-order valence-corrected chi connectivity index (χ4v) is 4.55. The zero-order valence-electron chi connectivity index (χ0n) is 16.7. The minimum atomic E-state index is -0.613. The highest BCUT2D eigenvalue weighted by Crippen LogP contribution is 2.41. The van der Waals surface area contributed by atoms with Crippen molar-refractivity contribution in [2.75, 3.05) is 27.3 Å². The number of methoxy groups -OCH3 is 2. The molecule has 6 nitrogen and oxygen atoms in total. The molecule has 30 heavy (non-hydrogen) atoms. The number of benzene rings is 2. The SMILES string of the molecule is COc1ccc2c(c1)C(=O)CC1(CCN(C(=O)c3c(Cl)ccc(Cl)c3OC)CC1)O2. The number of halogens is 2. The number of piperidine rings is 1. The van der Waals surface area contributed by atoms with Crippen LogP contribution >= 0.6 is 23.2 Å². The molecule has 0 bridgehead atoms. The highest BCUT2D eigenvalue weighted by molar-refractivity contribution is 6.37. The van der Waals surface area contributed by atoms with Gasteiger partial charge >= 0.3 is 0 Å². The van der Waals surface area contributed by atoms with Gasteiger partial charge in [-0.05, 0) is 30.3 Å². The second-order valence-electron chi connectivity index (χ2n) is 7.48. The smallest absolute Gasteiger partial charge is 0.259 e. The molecule has 0 saturated carbocycles. The number of carbonyl (C=O) groups excluding carboxylic acids is 2. The van der Waals surface area contributed by atoms with Crippen LogP contribution in [0.15, 0.2) is 30.3 Å². The summed E-state index contributed by atoms with van der Waals surface area (Å²) >= 11 is 12.4. The molecule has 2 aliphatic heterocycles. The average molecular weight is 450 g/mol. The molecule has 2 aromatic carbocycles. The largest absolute Gasteiger partial charge is 0.497 e. The first kappa shape index (κ1) is 20.8. The third-order valence-electron chi connectivity index (χ3n) is 5.73. The Labute approximate surface area is 184 Å². The fourth-order valence-electron chi connectivity index (χ4n) is 4.09. The number of hydrogen-bond acceptors (Lipinski definition) is 5. The van der Waals surface area contributed by atoms with Crippen molar-refractivity contribution in [1.29, 1.82) is 0 Å². The summed E-state index contributed by atoms with van der Waals surface area (Å²) in [4.78, 5) is 27.6. The summed E-state index contributed by atoms with van der Waals surface area (Å²) < 4.78 is 16.8. The van der Waals surface area contributed by atoms with E-state index in [1.807, 2.05) is 0 Å². The van der Waals surface area contributed by atoms with Gasteiger partial charge in [0, 0.05) is 25.9 Å². The van der Waals surface area contributed by atoms with Gasteiger partial charge in [0.25, 0.3) is 5.91 Å². The molecule has 4 rings (SSSR count). The fraction of sp³-hybridized carbons (Fsp3) is 0.364. The molecule has 1 saturated heterocycles. The maximum atomic E-state index is 13.1. The number of hydrogen-bond donors (Lipinski definition) is 0. The van der Waals surface area contributed by atoms with Crippen LogP contribution in [0, 0.1) is 0 Å². The number of nitrogens with zero attached hydrogens (tertiary/aromatic N) is 1. The molecule has 0 aliphatic carbocycles. The molecule has 2 heterocycles. The Morgan fingerprint density at radius 1 is 1.07 bits per heavy atom. The maximum Gasteiger partial charge on any atom is 0.259 e.